The van der Waals surface area contributed by atoms with E-state index < -0.39 is 72.7 Å². The number of nitrogens with zero attached hydrogens (tertiary/aromatic N) is 4. The van der Waals surface area contributed by atoms with Gasteiger partial charge >= 0.3 is 23.9 Å². The fourth-order valence-electron chi connectivity index (χ4n) is 4.24. The van der Waals surface area contributed by atoms with Crippen molar-refractivity contribution in [2.24, 2.45) is 0 Å². The Balaban J connectivity index is 1.46. The van der Waals surface area contributed by atoms with E-state index in [2.05, 4.69) is 19.9 Å². The summed E-state index contributed by atoms with van der Waals surface area (Å²) < 4.78 is 41.8. The van der Waals surface area contributed by atoms with E-state index in [9.17, 15) is 28.7 Å². The van der Waals surface area contributed by atoms with E-state index in [4.69, 9.17) is 23.7 Å². The van der Waals surface area contributed by atoms with Gasteiger partial charge in [-0.15, -0.1) is 0 Å². The maximum Gasteiger partial charge on any atom is 0.343 e. The van der Waals surface area contributed by atoms with Crippen LogP contribution in [0.3, 0.4) is 0 Å². The highest BCUT2D eigenvalue weighted by Gasteiger charge is 2.60. The second-order valence-electron chi connectivity index (χ2n) is 9.44. The van der Waals surface area contributed by atoms with Gasteiger partial charge in [-0.25, -0.2) is 24.2 Å². The monoisotopic (exact) mass is 618 g/mol. The molecule has 0 spiro atoms. The largest absolute Gasteiger partial charge is 0.459 e. The Morgan fingerprint density at radius 1 is 0.756 bits per heavy atom. The highest BCUT2D eigenvalue weighted by molar-refractivity contribution is 5.91. The summed E-state index contributed by atoms with van der Waals surface area (Å²) in [7, 11) is 0. The molecular formula is C30H23FN4O10. The molecule has 1 aliphatic heterocycles. The van der Waals surface area contributed by atoms with E-state index in [-0.39, 0.29) is 16.7 Å². The van der Waals surface area contributed by atoms with Crippen molar-refractivity contribution >= 4 is 23.9 Å². The normalized spacial score (nSPS) is 20.5. The average Bonchev–Trinajstić information content (AvgIpc) is 3.33. The Hall–Kier alpha value is -5.67. The first-order chi connectivity index (χ1) is 21.7. The quantitative estimate of drug-likeness (QED) is 0.154. The van der Waals surface area contributed by atoms with Crippen LogP contribution in [-0.4, -0.2) is 86.2 Å². The van der Waals surface area contributed by atoms with Gasteiger partial charge in [0.15, 0.2) is 12.2 Å². The number of esters is 4. The summed E-state index contributed by atoms with van der Waals surface area (Å²) in [6.07, 6.45) is 3.91. The van der Waals surface area contributed by atoms with Crippen molar-refractivity contribution in [2.75, 3.05) is 13.2 Å². The number of aliphatic hydroxyl groups is 1. The molecule has 1 aliphatic rings. The minimum absolute atomic E-state index is 0.0200. The van der Waals surface area contributed by atoms with E-state index in [0.717, 1.165) is 12.3 Å². The summed E-state index contributed by atoms with van der Waals surface area (Å²) in [5, 5.41) is 11.7. The second-order valence-corrected chi connectivity index (χ2v) is 9.44. The fourth-order valence-corrected chi connectivity index (χ4v) is 4.24. The van der Waals surface area contributed by atoms with Gasteiger partial charge in [-0.3, -0.25) is 15.0 Å². The first-order valence-corrected chi connectivity index (χ1v) is 13.2. The van der Waals surface area contributed by atoms with E-state index in [1.165, 1.54) is 79.6 Å². The molecule has 4 atom stereocenters. The van der Waals surface area contributed by atoms with Crippen molar-refractivity contribution < 1.29 is 52.4 Å². The highest BCUT2D eigenvalue weighted by Crippen LogP contribution is 2.36. The molecular weight excluding hydrogens is 595 g/mol. The van der Waals surface area contributed by atoms with Crippen LogP contribution in [0, 0.1) is 5.95 Å². The molecule has 0 amide bonds. The molecule has 15 heteroatoms. The lowest BCUT2D eigenvalue weighted by atomic mass is 10.0. The van der Waals surface area contributed by atoms with Gasteiger partial charge in [0.05, 0.1) is 16.7 Å². The Morgan fingerprint density at radius 3 is 1.87 bits per heavy atom. The Labute approximate surface area is 253 Å². The summed E-state index contributed by atoms with van der Waals surface area (Å²) in [6, 6.07) is 11.0. The molecule has 0 aromatic carbocycles. The third kappa shape index (κ3) is 7.29. The molecule has 1 saturated heterocycles. The van der Waals surface area contributed by atoms with E-state index in [1.807, 2.05) is 0 Å². The lowest BCUT2D eigenvalue weighted by Crippen LogP contribution is -2.51. The van der Waals surface area contributed by atoms with E-state index in [0.29, 0.717) is 0 Å². The lowest BCUT2D eigenvalue weighted by molar-refractivity contribution is -0.247. The molecule has 1 fully saturated rings. The average molecular weight is 619 g/mol. The summed E-state index contributed by atoms with van der Waals surface area (Å²) in [5.74, 6) is -7.95. The van der Waals surface area contributed by atoms with Gasteiger partial charge in [0.25, 0.3) is 0 Å². The third-order valence-electron chi connectivity index (χ3n) is 6.40. The number of rotatable bonds is 10. The van der Waals surface area contributed by atoms with Gasteiger partial charge in [0.2, 0.25) is 11.7 Å². The molecule has 1 N–H and O–H groups in total. The van der Waals surface area contributed by atoms with Crippen LogP contribution in [-0.2, 0) is 23.7 Å². The number of carbonyl (C=O) groups excluding carboxylic acids is 4. The smallest absolute Gasteiger partial charge is 0.343 e. The van der Waals surface area contributed by atoms with Crippen molar-refractivity contribution in [2.45, 2.75) is 24.1 Å². The molecule has 5 heterocycles. The van der Waals surface area contributed by atoms with Crippen LogP contribution in [0.25, 0.3) is 0 Å². The molecule has 0 bridgehead atoms. The Morgan fingerprint density at radius 2 is 1.31 bits per heavy atom. The van der Waals surface area contributed by atoms with Crippen molar-refractivity contribution in [1.82, 2.24) is 19.9 Å². The first kappa shape index (κ1) is 30.8. The van der Waals surface area contributed by atoms with Crippen LogP contribution in [0.5, 0.6) is 0 Å². The molecule has 0 radical (unpaired) electrons. The van der Waals surface area contributed by atoms with Gasteiger partial charge < -0.3 is 28.8 Å². The number of aromatic nitrogens is 4. The Kier molecular flexibility index (Phi) is 9.40. The SMILES string of the molecule is O=C(OC[C@H]1O[C@](O)(COC(=O)c2cccnc2)[C@@H](OC(=O)c2cccnc2F)[C@@H]1OC(=O)c1cccnc1)c1cccnc1. The summed E-state index contributed by atoms with van der Waals surface area (Å²) in [5.41, 5.74) is -0.539. The molecule has 0 aliphatic carbocycles. The predicted molar refractivity (Wildman–Crippen MR) is 146 cm³/mol. The zero-order valence-electron chi connectivity index (χ0n) is 23.1. The Bertz CT molecular complexity index is 1670. The molecule has 45 heavy (non-hydrogen) atoms. The van der Waals surface area contributed by atoms with E-state index in [1.54, 1.807) is 0 Å². The zero-order valence-corrected chi connectivity index (χ0v) is 23.1. The molecule has 0 saturated carbocycles. The zero-order chi connectivity index (χ0) is 31.8. The van der Waals surface area contributed by atoms with Crippen molar-refractivity contribution in [3.8, 4) is 0 Å². The molecule has 14 nitrogen and oxygen atoms in total. The highest BCUT2D eigenvalue weighted by atomic mass is 19.1. The number of ether oxygens (including phenoxy) is 5. The lowest BCUT2D eigenvalue weighted by Gasteiger charge is -2.29. The van der Waals surface area contributed by atoms with Crippen LogP contribution >= 0.6 is 0 Å². The van der Waals surface area contributed by atoms with Crippen molar-refractivity contribution in [1.29, 1.82) is 0 Å². The number of pyridine rings is 4. The number of hydrogen-bond donors (Lipinski definition) is 1. The number of carbonyl (C=O) groups is 4. The fraction of sp³-hybridized carbons (Fsp3) is 0.200. The van der Waals surface area contributed by atoms with Crippen molar-refractivity contribution in [3.63, 3.8) is 0 Å². The second kappa shape index (κ2) is 13.7. The molecule has 4 aromatic rings. The van der Waals surface area contributed by atoms with Gasteiger partial charge in [-0.05, 0) is 48.5 Å². The number of halogens is 1. The standard InChI is InChI=1S/C30H23FN4O10/c31-25-21(8-4-12-35-25)29(39)44-24-23(43-28(38)20-7-3-11-34-15-20)22(16-41-26(36)18-5-1-9-32-13-18)45-30(24,40)17-42-27(37)19-6-2-10-33-14-19/h1-15,22-24,40H,16-17H2/t22-,23-,24+,30-/m1/s1. The van der Waals surface area contributed by atoms with E-state index >= 15 is 0 Å². The summed E-state index contributed by atoms with van der Waals surface area (Å²) in [6.45, 7) is -1.62. The van der Waals surface area contributed by atoms with Gasteiger partial charge in [-0.2, -0.15) is 4.39 Å². The molecule has 5 rings (SSSR count). The maximum absolute atomic E-state index is 14.4. The first-order valence-electron chi connectivity index (χ1n) is 13.2. The van der Waals surface area contributed by atoms with Gasteiger partial charge in [0, 0.05) is 43.4 Å². The minimum Gasteiger partial charge on any atom is -0.459 e. The molecule has 230 valence electrons. The van der Waals surface area contributed by atoms with Crippen LogP contribution < -0.4 is 0 Å². The summed E-state index contributed by atoms with van der Waals surface area (Å²) in [4.78, 5) is 66.5. The van der Waals surface area contributed by atoms with Gasteiger partial charge in [-0.1, -0.05) is 0 Å². The van der Waals surface area contributed by atoms with Crippen LogP contribution in [0.2, 0.25) is 0 Å². The molecule has 0 unspecified atom stereocenters. The van der Waals surface area contributed by atoms with Crippen LogP contribution in [0.1, 0.15) is 41.4 Å². The van der Waals surface area contributed by atoms with Gasteiger partial charge in [0.1, 0.15) is 24.9 Å². The number of hydrogen-bond acceptors (Lipinski definition) is 14. The summed E-state index contributed by atoms with van der Waals surface area (Å²) >= 11 is 0. The maximum atomic E-state index is 14.4. The minimum atomic E-state index is -2.70. The molecule has 4 aromatic heterocycles. The van der Waals surface area contributed by atoms with Crippen LogP contribution in [0.15, 0.2) is 91.9 Å². The topological polar surface area (TPSA) is 186 Å². The predicted octanol–water partition coefficient (Wildman–Crippen LogP) is 1.96. The third-order valence-corrected chi connectivity index (χ3v) is 6.40. The van der Waals surface area contributed by atoms with Crippen LogP contribution in [0.4, 0.5) is 4.39 Å². The van der Waals surface area contributed by atoms with Crippen molar-refractivity contribution in [3.05, 3.63) is 120 Å².